The lowest BCUT2D eigenvalue weighted by Gasteiger charge is -2.07. The number of anilines is 1. The predicted octanol–water partition coefficient (Wildman–Crippen LogP) is 3.88. The standard InChI is InChI=1S/C14H18BrN3O/c1-4-12-10(13(5-2)19-18-12)7-16-14-6-9(3)11(15)8-17-14/h6,8H,4-5,7H2,1-3H3,(H,16,17). The van der Waals surface area contributed by atoms with Gasteiger partial charge in [-0.25, -0.2) is 4.98 Å². The van der Waals surface area contributed by atoms with Crippen LogP contribution < -0.4 is 5.32 Å². The van der Waals surface area contributed by atoms with Gasteiger partial charge in [-0.2, -0.15) is 0 Å². The first-order chi connectivity index (χ1) is 9.15. The fourth-order valence-electron chi connectivity index (χ4n) is 1.95. The monoisotopic (exact) mass is 323 g/mol. The lowest BCUT2D eigenvalue weighted by Crippen LogP contribution is -2.05. The maximum absolute atomic E-state index is 5.35. The SMILES string of the molecule is CCc1noc(CC)c1CNc1cc(C)c(Br)cn1. The molecular formula is C14H18BrN3O. The number of aryl methyl sites for hydroxylation is 3. The molecule has 2 aromatic heterocycles. The van der Waals surface area contributed by atoms with Crippen molar-refractivity contribution in [2.45, 2.75) is 40.2 Å². The summed E-state index contributed by atoms with van der Waals surface area (Å²) in [4.78, 5) is 4.34. The predicted molar refractivity (Wildman–Crippen MR) is 79.3 cm³/mol. The van der Waals surface area contributed by atoms with Gasteiger partial charge in [0, 0.05) is 29.2 Å². The Bertz CT molecular complexity index is 544. The second kappa shape index (κ2) is 6.19. The molecule has 0 aliphatic rings. The van der Waals surface area contributed by atoms with Crippen molar-refractivity contribution >= 4 is 21.7 Å². The molecule has 0 saturated carbocycles. The number of rotatable bonds is 5. The molecule has 4 nitrogen and oxygen atoms in total. The minimum atomic E-state index is 0.698. The lowest BCUT2D eigenvalue weighted by molar-refractivity contribution is 0.380. The van der Waals surface area contributed by atoms with E-state index < -0.39 is 0 Å². The van der Waals surface area contributed by atoms with Crippen LogP contribution in [0.3, 0.4) is 0 Å². The van der Waals surface area contributed by atoms with Crippen LogP contribution in [0.25, 0.3) is 0 Å². The minimum absolute atomic E-state index is 0.698. The fourth-order valence-corrected chi connectivity index (χ4v) is 2.17. The molecule has 0 bridgehead atoms. The highest BCUT2D eigenvalue weighted by Gasteiger charge is 2.13. The molecule has 0 spiro atoms. The van der Waals surface area contributed by atoms with Gasteiger partial charge in [-0.15, -0.1) is 0 Å². The molecular weight excluding hydrogens is 306 g/mol. The molecule has 0 amide bonds. The number of halogens is 1. The summed E-state index contributed by atoms with van der Waals surface area (Å²) in [6.45, 7) is 6.91. The van der Waals surface area contributed by atoms with Crippen molar-refractivity contribution in [1.29, 1.82) is 0 Å². The molecule has 0 aliphatic heterocycles. The molecule has 0 atom stereocenters. The van der Waals surface area contributed by atoms with Crippen LogP contribution in [0.1, 0.15) is 36.4 Å². The van der Waals surface area contributed by atoms with Gasteiger partial charge in [0.2, 0.25) is 0 Å². The highest BCUT2D eigenvalue weighted by molar-refractivity contribution is 9.10. The third-order valence-electron chi connectivity index (χ3n) is 3.10. The van der Waals surface area contributed by atoms with Crippen LogP contribution in [0.5, 0.6) is 0 Å². The zero-order valence-corrected chi connectivity index (χ0v) is 13.0. The molecule has 2 rings (SSSR count). The average molecular weight is 324 g/mol. The molecule has 0 aromatic carbocycles. The van der Waals surface area contributed by atoms with Crippen LogP contribution >= 0.6 is 15.9 Å². The third kappa shape index (κ3) is 3.15. The van der Waals surface area contributed by atoms with E-state index in [4.69, 9.17) is 4.52 Å². The van der Waals surface area contributed by atoms with Crippen molar-refractivity contribution in [3.63, 3.8) is 0 Å². The lowest BCUT2D eigenvalue weighted by atomic mass is 10.1. The molecule has 5 heteroatoms. The Labute approximate surface area is 121 Å². The normalized spacial score (nSPS) is 10.7. The van der Waals surface area contributed by atoms with Crippen molar-refractivity contribution in [2.24, 2.45) is 0 Å². The van der Waals surface area contributed by atoms with Crippen LogP contribution in [0.4, 0.5) is 5.82 Å². The second-order valence-corrected chi connectivity index (χ2v) is 5.26. The summed E-state index contributed by atoms with van der Waals surface area (Å²) in [5, 5.41) is 7.44. The third-order valence-corrected chi connectivity index (χ3v) is 3.93. The van der Waals surface area contributed by atoms with Crippen molar-refractivity contribution in [3.05, 3.63) is 39.3 Å². The van der Waals surface area contributed by atoms with Crippen LogP contribution in [0.15, 0.2) is 21.3 Å². The minimum Gasteiger partial charge on any atom is -0.366 e. The number of pyridine rings is 1. The van der Waals surface area contributed by atoms with Crippen LogP contribution in [-0.2, 0) is 19.4 Å². The summed E-state index contributed by atoms with van der Waals surface area (Å²) in [7, 11) is 0. The molecule has 0 saturated heterocycles. The van der Waals surface area contributed by atoms with Gasteiger partial charge in [-0.1, -0.05) is 19.0 Å². The van der Waals surface area contributed by atoms with Gasteiger partial charge >= 0.3 is 0 Å². The Balaban J connectivity index is 2.13. The Morgan fingerprint density at radius 1 is 1.32 bits per heavy atom. The van der Waals surface area contributed by atoms with E-state index in [-0.39, 0.29) is 0 Å². The molecule has 0 unspecified atom stereocenters. The first kappa shape index (κ1) is 14.1. The molecule has 102 valence electrons. The largest absolute Gasteiger partial charge is 0.366 e. The van der Waals surface area contributed by atoms with Crippen molar-refractivity contribution in [1.82, 2.24) is 10.1 Å². The summed E-state index contributed by atoms with van der Waals surface area (Å²) >= 11 is 3.45. The van der Waals surface area contributed by atoms with Gasteiger partial charge in [-0.05, 0) is 40.9 Å². The topological polar surface area (TPSA) is 51.0 Å². The number of hydrogen-bond donors (Lipinski definition) is 1. The Morgan fingerprint density at radius 2 is 2.11 bits per heavy atom. The van der Waals surface area contributed by atoms with E-state index in [1.54, 1.807) is 0 Å². The Hall–Kier alpha value is -1.36. The van der Waals surface area contributed by atoms with Crippen LogP contribution in [0, 0.1) is 6.92 Å². The maximum Gasteiger partial charge on any atom is 0.141 e. The van der Waals surface area contributed by atoms with E-state index in [0.29, 0.717) is 6.54 Å². The Kier molecular flexibility index (Phi) is 4.58. The van der Waals surface area contributed by atoms with Gasteiger partial charge in [0.25, 0.3) is 0 Å². The van der Waals surface area contributed by atoms with Crippen molar-refractivity contribution in [2.75, 3.05) is 5.32 Å². The summed E-state index contributed by atoms with van der Waals surface area (Å²) in [6.07, 6.45) is 3.55. The highest BCUT2D eigenvalue weighted by Crippen LogP contribution is 2.20. The van der Waals surface area contributed by atoms with E-state index in [9.17, 15) is 0 Å². The van der Waals surface area contributed by atoms with Crippen molar-refractivity contribution < 1.29 is 4.52 Å². The molecule has 19 heavy (non-hydrogen) atoms. The summed E-state index contributed by atoms with van der Waals surface area (Å²) in [5.74, 6) is 1.82. The molecule has 2 aromatic rings. The highest BCUT2D eigenvalue weighted by atomic mass is 79.9. The van der Waals surface area contributed by atoms with Crippen LogP contribution in [-0.4, -0.2) is 10.1 Å². The number of nitrogens with one attached hydrogen (secondary N) is 1. The second-order valence-electron chi connectivity index (χ2n) is 4.41. The van der Waals surface area contributed by atoms with E-state index in [2.05, 4.69) is 45.2 Å². The number of aromatic nitrogens is 2. The van der Waals surface area contributed by atoms with Gasteiger partial charge in [0.15, 0.2) is 0 Å². The van der Waals surface area contributed by atoms with E-state index in [1.807, 2.05) is 19.2 Å². The zero-order chi connectivity index (χ0) is 13.8. The molecule has 0 fully saturated rings. The first-order valence-electron chi connectivity index (χ1n) is 6.48. The molecule has 1 N–H and O–H groups in total. The van der Waals surface area contributed by atoms with E-state index in [1.165, 1.54) is 0 Å². The quantitative estimate of drug-likeness (QED) is 0.907. The summed E-state index contributed by atoms with van der Waals surface area (Å²) < 4.78 is 6.37. The van der Waals surface area contributed by atoms with E-state index >= 15 is 0 Å². The van der Waals surface area contributed by atoms with E-state index in [0.717, 1.165) is 45.7 Å². The zero-order valence-electron chi connectivity index (χ0n) is 11.5. The maximum atomic E-state index is 5.35. The van der Waals surface area contributed by atoms with Gasteiger partial charge in [-0.3, -0.25) is 0 Å². The molecule has 0 aliphatic carbocycles. The summed E-state index contributed by atoms with van der Waals surface area (Å²) in [6, 6.07) is 2.02. The number of nitrogens with zero attached hydrogens (tertiary/aromatic N) is 2. The molecule has 2 heterocycles. The smallest absolute Gasteiger partial charge is 0.141 e. The van der Waals surface area contributed by atoms with Gasteiger partial charge in [0.1, 0.15) is 11.6 Å². The number of hydrogen-bond acceptors (Lipinski definition) is 4. The average Bonchev–Trinajstić information content (AvgIpc) is 2.82. The van der Waals surface area contributed by atoms with Gasteiger partial charge in [0.05, 0.1) is 5.69 Å². The molecule has 0 radical (unpaired) electrons. The Morgan fingerprint density at radius 3 is 2.74 bits per heavy atom. The summed E-state index contributed by atoms with van der Waals surface area (Å²) in [5.41, 5.74) is 3.35. The van der Waals surface area contributed by atoms with Gasteiger partial charge < -0.3 is 9.84 Å². The van der Waals surface area contributed by atoms with Crippen LogP contribution in [0.2, 0.25) is 0 Å². The fraction of sp³-hybridized carbons (Fsp3) is 0.429. The van der Waals surface area contributed by atoms with Crippen molar-refractivity contribution in [3.8, 4) is 0 Å². The first-order valence-corrected chi connectivity index (χ1v) is 7.27.